The summed E-state index contributed by atoms with van der Waals surface area (Å²) in [6.07, 6.45) is 1.48. The summed E-state index contributed by atoms with van der Waals surface area (Å²) in [5.74, 6) is -0.822. The summed E-state index contributed by atoms with van der Waals surface area (Å²) in [5, 5.41) is 7.35. The van der Waals surface area contributed by atoms with Crippen LogP contribution in [0.3, 0.4) is 0 Å². The molecular formula is C23H17N5O4. The monoisotopic (exact) mass is 427 g/mol. The van der Waals surface area contributed by atoms with Gasteiger partial charge in [0.15, 0.2) is 5.76 Å². The number of furan rings is 1. The molecule has 0 unspecified atom stereocenters. The Morgan fingerprint density at radius 3 is 2.25 bits per heavy atom. The molecule has 32 heavy (non-hydrogen) atoms. The third-order valence-electron chi connectivity index (χ3n) is 5.05. The van der Waals surface area contributed by atoms with E-state index in [0.29, 0.717) is 12.3 Å². The van der Waals surface area contributed by atoms with E-state index in [1.807, 2.05) is 30.3 Å². The summed E-state index contributed by atoms with van der Waals surface area (Å²) in [5.41, 5.74) is 1.54. The minimum atomic E-state index is -0.583. The quantitative estimate of drug-likeness (QED) is 0.471. The van der Waals surface area contributed by atoms with Gasteiger partial charge in [0.1, 0.15) is 6.54 Å². The number of anilines is 1. The summed E-state index contributed by atoms with van der Waals surface area (Å²) < 4.78 is 6.40. The van der Waals surface area contributed by atoms with Gasteiger partial charge in [0.2, 0.25) is 11.8 Å². The smallest absolute Gasteiger partial charge is 0.270 e. The Balaban J connectivity index is 1.42. The molecule has 158 valence electrons. The molecule has 1 aliphatic heterocycles. The van der Waals surface area contributed by atoms with Gasteiger partial charge in [0.25, 0.3) is 17.7 Å². The lowest BCUT2D eigenvalue weighted by Gasteiger charge is -2.13. The maximum absolute atomic E-state index is 13.1. The molecule has 1 aliphatic rings. The van der Waals surface area contributed by atoms with Crippen molar-refractivity contribution in [2.45, 2.75) is 6.54 Å². The van der Waals surface area contributed by atoms with E-state index in [1.165, 1.54) is 6.26 Å². The molecule has 0 saturated carbocycles. The molecule has 0 fully saturated rings. The number of hydrogen-bond acceptors (Lipinski definition) is 7. The second-order valence-corrected chi connectivity index (χ2v) is 7.12. The summed E-state index contributed by atoms with van der Waals surface area (Å²) in [6, 6.07) is 19.4. The fourth-order valence-electron chi connectivity index (χ4n) is 3.47. The van der Waals surface area contributed by atoms with E-state index in [9.17, 15) is 14.4 Å². The number of carbonyl (C=O) groups excluding carboxylic acids is 3. The average molecular weight is 427 g/mol. The molecule has 2 aromatic heterocycles. The van der Waals surface area contributed by atoms with Crippen molar-refractivity contribution in [2.75, 3.05) is 11.9 Å². The third kappa shape index (κ3) is 3.45. The standard InChI is InChI=1S/C23H17N5O4/c29-19(14-27-21(30)16-9-4-5-10-17(16)22(27)31)28-23(24-13-15-7-2-1-3-8-15)25-20(26-28)18-11-6-12-32-18/h1-12H,13-14H2,(H,24,25,26). The van der Waals surface area contributed by atoms with Gasteiger partial charge < -0.3 is 9.73 Å². The Kier molecular flexibility index (Phi) is 4.83. The number of carbonyl (C=O) groups is 3. The van der Waals surface area contributed by atoms with Gasteiger partial charge in [-0.3, -0.25) is 19.3 Å². The first-order chi connectivity index (χ1) is 15.6. The van der Waals surface area contributed by atoms with E-state index in [1.54, 1.807) is 36.4 Å². The van der Waals surface area contributed by atoms with Crippen molar-refractivity contribution >= 4 is 23.7 Å². The Bertz CT molecular complexity index is 1280. The zero-order chi connectivity index (χ0) is 22.1. The van der Waals surface area contributed by atoms with Crippen LogP contribution in [0.25, 0.3) is 11.6 Å². The molecule has 4 aromatic rings. The highest BCUT2D eigenvalue weighted by atomic mass is 16.3. The normalized spacial score (nSPS) is 12.8. The van der Waals surface area contributed by atoms with Crippen molar-refractivity contribution in [3.63, 3.8) is 0 Å². The van der Waals surface area contributed by atoms with Crippen LogP contribution in [0.5, 0.6) is 0 Å². The largest absolute Gasteiger partial charge is 0.461 e. The van der Waals surface area contributed by atoms with Crippen LogP contribution in [-0.4, -0.2) is 43.9 Å². The Morgan fingerprint density at radius 2 is 1.59 bits per heavy atom. The molecule has 0 spiro atoms. The molecule has 1 N–H and O–H groups in total. The van der Waals surface area contributed by atoms with Crippen LogP contribution in [0.2, 0.25) is 0 Å². The number of aromatic nitrogens is 3. The highest BCUT2D eigenvalue weighted by Crippen LogP contribution is 2.23. The van der Waals surface area contributed by atoms with Crippen LogP contribution in [0.4, 0.5) is 5.95 Å². The zero-order valence-corrected chi connectivity index (χ0v) is 16.8. The highest BCUT2D eigenvalue weighted by molar-refractivity contribution is 6.22. The fraction of sp³-hybridized carbons (Fsp3) is 0.0870. The number of imide groups is 1. The molecule has 2 amide bonds. The summed E-state index contributed by atoms with van der Waals surface area (Å²) in [4.78, 5) is 43.7. The number of rotatable bonds is 6. The lowest BCUT2D eigenvalue weighted by Crippen LogP contribution is -2.37. The van der Waals surface area contributed by atoms with Gasteiger partial charge in [-0.1, -0.05) is 42.5 Å². The van der Waals surface area contributed by atoms with Crippen molar-refractivity contribution in [1.82, 2.24) is 19.7 Å². The lowest BCUT2D eigenvalue weighted by atomic mass is 10.1. The van der Waals surface area contributed by atoms with Crippen molar-refractivity contribution in [3.05, 3.63) is 89.7 Å². The molecule has 0 bridgehead atoms. The number of nitrogens with one attached hydrogen (secondary N) is 1. The maximum atomic E-state index is 13.1. The molecule has 0 radical (unpaired) electrons. The molecule has 5 rings (SSSR count). The second kappa shape index (κ2) is 7.95. The molecule has 0 aliphatic carbocycles. The van der Waals surface area contributed by atoms with E-state index in [2.05, 4.69) is 15.4 Å². The first-order valence-corrected chi connectivity index (χ1v) is 9.89. The molecule has 9 heteroatoms. The minimum absolute atomic E-state index is 0.182. The Labute approximate surface area is 182 Å². The van der Waals surface area contributed by atoms with Gasteiger partial charge in [0.05, 0.1) is 17.4 Å². The van der Waals surface area contributed by atoms with E-state index in [0.717, 1.165) is 15.1 Å². The SMILES string of the molecule is O=C1c2ccccc2C(=O)N1CC(=O)n1nc(-c2ccco2)nc1NCc1ccccc1. The molecule has 9 nitrogen and oxygen atoms in total. The summed E-state index contributed by atoms with van der Waals surface area (Å²) in [6.45, 7) is -0.0647. The molecule has 3 heterocycles. The summed E-state index contributed by atoms with van der Waals surface area (Å²) >= 11 is 0. The summed E-state index contributed by atoms with van der Waals surface area (Å²) in [7, 11) is 0. The van der Waals surface area contributed by atoms with Crippen molar-refractivity contribution in [3.8, 4) is 11.6 Å². The Morgan fingerprint density at radius 1 is 0.906 bits per heavy atom. The average Bonchev–Trinajstić information content (AvgIpc) is 3.55. The van der Waals surface area contributed by atoms with Crippen LogP contribution in [0.15, 0.2) is 77.4 Å². The number of nitrogens with zero attached hydrogens (tertiary/aromatic N) is 4. The van der Waals surface area contributed by atoms with E-state index in [4.69, 9.17) is 4.42 Å². The predicted octanol–water partition coefficient (Wildman–Crippen LogP) is 3.09. The van der Waals surface area contributed by atoms with Crippen molar-refractivity contribution < 1.29 is 18.8 Å². The zero-order valence-electron chi connectivity index (χ0n) is 16.8. The maximum Gasteiger partial charge on any atom is 0.270 e. The van der Waals surface area contributed by atoms with Gasteiger partial charge >= 0.3 is 0 Å². The van der Waals surface area contributed by atoms with Crippen LogP contribution < -0.4 is 5.32 Å². The molecule has 0 saturated heterocycles. The van der Waals surface area contributed by atoms with Gasteiger partial charge in [-0.25, -0.2) is 0 Å². The predicted molar refractivity (Wildman–Crippen MR) is 114 cm³/mol. The van der Waals surface area contributed by atoms with E-state index >= 15 is 0 Å². The molecular weight excluding hydrogens is 410 g/mol. The minimum Gasteiger partial charge on any atom is -0.461 e. The van der Waals surface area contributed by atoms with Crippen LogP contribution in [0.1, 0.15) is 31.1 Å². The topological polar surface area (TPSA) is 110 Å². The Hall–Kier alpha value is -4.53. The van der Waals surface area contributed by atoms with Gasteiger partial charge in [-0.15, -0.1) is 5.10 Å². The lowest BCUT2D eigenvalue weighted by molar-refractivity contribution is 0.0601. The van der Waals surface area contributed by atoms with Crippen LogP contribution in [-0.2, 0) is 6.54 Å². The van der Waals surface area contributed by atoms with Crippen molar-refractivity contribution in [1.29, 1.82) is 0 Å². The highest BCUT2D eigenvalue weighted by Gasteiger charge is 2.37. The number of fused-ring (bicyclic) bond motifs is 1. The van der Waals surface area contributed by atoms with Gasteiger partial charge in [-0.05, 0) is 29.8 Å². The van der Waals surface area contributed by atoms with Gasteiger partial charge in [0, 0.05) is 6.54 Å². The number of benzene rings is 2. The second-order valence-electron chi connectivity index (χ2n) is 7.12. The molecule has 0 atom stereocenters. The van der Waals surface area contributed by atoms with Crippen LogP contribution >= 0.6 is 0 Å². The molecule has 2 aromatic carbocycles. The van der Waals surface area contributed by atoms with E-state index < -0.39 is 24.3 Å². The fourth-order valence-corrected chi connectivity index (χ4v) is 3.47. The van der Waals surface area contributed by atoms with Gasteiger partial charge in [-0.2, -0.15) is 9.67 Å². The van der Waals surface area contributed by atoms with E-state index in [-0.39, 0.29) is 22.9 Å². The number of hydrogen-bond donors (Lipinski definition) is 1. The van der Waals surface area contributed by atoms with Crippen molar-refractivity contribution in [2.24, 2.45) is 0 Å². The first-order valence-electron chi connectivity index (χ1n) is 9.89. The first kappa shape index (κ1) is 19.4. The van der Waals surface area contributed by atoms with Crippen LogP contribution in [0, 0.1) is 0 Å². The third-order valence-corrected chi connectivity index (χ3v) is 5.05. The number of amides is 2.